The van der Waals surface area contributed by atoms with E-state index < -0.39 is 11.5 Å². The van der Waals surface area contributed by atoms with Gasteiger partial charge in [-0.2, -0.15) is 0 Å². The molecule has 0 radical (unpaired) electrons. The summed E-state index contributed by atoms with van der Waals surface area (Å²) < 4.78 is 5.40. The summed E-state index contributed by atoms with van der Waals surface area (Å²) in [6.07, 6.45) is 2.34. The van der Waals surface area contributed by atoms with Crippen LogP contribution in [-0.4, -0.2) is 16.7 Å². The Morgan fingerprint density at radius 3 is 2.74 bits per heavy atom. The number of amides is 1. The minimum atomic E-state index is -0.536. The number of Topliss-reactive ketones (excluding diaryl/α,β-unsaturated/α-hetero) is 1. The molecule has 27 heavy (non-hydrogen) atoms. The van der Waals surface area contributed by atoms with Crippen LogP contribution >= 0.6 is 0 Å². The van der Waals surface area contributed by atoms with Crippen molar-refractivity contribution in [2.24, 2.45) is 0 Å². The van der Waals surface area contributed by atoms with E-state index in [9.17, 15) is 14.4 Å². The number of pyridine rings is 1. The van der Waals surface area contributed by atoms with Gasteiger partial charge in [-0.1, -0.05) is 12.1 Å². The predicted octanol–water partition coefficient (Wildman–Crippen LogP) is 3.44. The van der Waals surface area contributed by atoms with Crippen LogP contribution < -0.4 is 10.9 Å². The first-order valence-corrected chi connectivity index (χ1v) is 8.72. The Balaban J connectivity index is 1.63. The fourth-order valence-corrected chi connectivity index (χ4v) is 3.45. The molecule has 136 valence electrons. The molecule has 2 N–H and O–H groups in total. The number of furan rings is 1. The molecule has 0 aliphatic heterocycles. The summed E-state index contributed by atoms with van der Waals surface area (Å²) in [6, 6.07) is 12.3. The van der Waals surface area contributed by atoms with Crippen molar-refractivity contribution in [3.63, 3.8) is 0 Å². The minimum absolute atomic E-state index is 0.0694. The Bertz CT molecular complexity index is 1080. The standard InChI is InChI=1S/C21H18N2O4/c1-12-4-2-5-14(8-12)22-20(25)16-11-15-17(23-21(16)26)9-13(10-18(15)24)19-6-3-7-27-19/h2-8,11,13H,9-10H2,1H3,(H,22,25)(H,23,26). The number of anilines is 1. The fourth-order valence-electron chi connectivity index (χ4n) is 3.45. The van der Waals surface area contributed by atoms with Crippen molar-refractivity contribution in [1.82, 2.24) is 4.98 Å². The summed E-state index contributed by atoms with van der Waals surface area (Å²) in [6.45, 7) is 1.91. The van der Waals surface area contributed by atoms with E-state index in [1.807, 2.05) is 31.2 Å². The maximum atomic E-state index is 12.6. The third-order valence-electron chi connectivity index (χ3n) is 4.77. The lowest BCUT2D eigenvalue weighted by atomic mass is 9.84. The lowest BCUT2D eigenvalue weighted by Crippen LogP contribution is -2.29. The quantitative estimate of drug-likeness (QED) is 0.746. The van der Waals surface area contributed by atoms with Crippen LogP contribution in [0.1, 0.15) is 50.1 Å². The molecule has 1 unspecified atom stereocenters. The number of H-pyrrole nitrogens is 1. The molecule has 4 rings (SSSR count). The van der Waals surface area contributed by atoms with Crippen LogP contribution in [0.15, 0.2) is 57.9 Å². The lowest BCUT2D eigenvalue weighted by Gasteiger charge is -2.22. The summed E-state index contributed by atoms with van der Waals surface area (Å²) in [4.78, 5) is 40.3. The van der Waals surface area contributed by atoms with Gasteiger partial charge in [0.15, 0.2) is 5.78 Å². The van der Waals surface area contributed by atoms with Gasteiger partial charge in [-0.15, -0.1) is 0 Å². The number of hydrogen-bond donors (Lipinski definition) is 2. The third kappa shape index (κ3) is 3.33. The second-order valence-corrected chi connectivity index (χ2v) is 6.77. The molecule has 2 aromatic heterocycles. The van der Waals surface area contributed by atoms with Gasteiger partial charge in [-0.05, 0) is 49.2 Å². The van der Waals surface area contributed by atoms with Crippen LogP contribution in [-0.2, 0) is 6.42 Å². The number of aromatic nitrogens is 1. The van der Waals surface area contributed by atoms with E-state index in [1.165, 1.54) is 6.07 Å². The molecule has 1 atom stereocenters. The molecule has 1 amide bonds. The Kier molecular flexibility index (Phi) is 4.24. The molecule has 2 heterocycles. The second-order valence-electron chi connectivity index (χ2n) is 6.77. The van der Waals surface area contributed by atoms with E-state index in [4.69, 9.17) is 4.42 Å². The smallest absolute Gasteiger partial charge is 0.261 e. The Labute approximate surface area is 155 Å². The van der Waals surface area contributed by atoms with Crippen molar-refractivity contribution in [3.8, 4) is 0 Å². The Morgan fingerprint density at radius 1 is 1.15 bits per heavy atom. The number of ketones is 1. The summed E-state index contributed by atoms with van der Waals surface area (Å²) in [5, 5.41) is 2.71. The van der Waals surface area contributed by atoms with Gasteiger partial charge in [-0.3, -0.25) is 14.4 Å². The van der Waals surface area contributed by atoms with Crippen molar-refractivity contribution in [1.29, 1.82) is 0 Å². The van der Waals surface area contributed by atoms with E-state index in [-0.39, 0.29) is 23.7 Å². The number of hydrogen-bond acceptors (Lipinski definition) is 4. The van der Waals surface area contributed by atoms with E-state index >= 15 is 0 Å². The molecule has 1 aromatic carbocycles. The first kappa shape index (κ1) is 17.0. The Hall–Kier alpha value is -3.41. The van der Waals surface area contributed by atoms with E-state index in [2.05, 4.69) is 10.3 Å². The molecular weight excluding hydrogens is 344 g/mol. The fraction of sp³-hybridized carbons (Fsp3) is 0.190. The molecular formula is C21H18N2O4. The van der Waals surface area contributed by atoms with Gasteiger partial charge in [0, 0.05) is 29.3 Å². The third-order valence-corrected chi connectivity index (χ3v) is 4.77. The summed E-state index contributed by atoms with van der Waals surface area (Å²) in [5.74, 6) is -0.0390. The zero-order valence-corrected chi connectivity index (χ0v) is 14.7. The Morgan fingerprint density at radius 2 is 2.00 bits per heavy atom. The van der Waals surface area contributed by atoms with Crippen molar-refractivity contribution >= 4 is 17.4 Å². The normalized spacial score (nSPS) is 16.0. The van der Waals surface area contributed by atoms with Crippen LogP contribution in [0.5, 0.6) is 0 Å². The van der Waals surface area contributed by atoms with Gasteiger partial charge >= 0.3 is 0 Å². The zero-order chi connectivity index (χ0) is 19.0. The second kappa shape index (κ2) is 6.72. The maximum Gasteiger partial charge on any atom is 0.261 e. The van der Waals surface area contributed by atoms with Gasteiger partial charge in [0.2, 0.25) is 0 Å². The SMILES string of the molecule is Cc1cccc(NC(=O)c2cc3c([nH]c2=O)CC(c2ccco2)CC3=O)c1. The first-order valence-electron chi connectivity index (χ1n) is 8.72. The molecule has 6 heteroatoms. The highest BCUT2D eigenvalue weighted by atomic mass is 16.3. The highest BCUT2D eigenvalue weighted by Crippen LogP contribution is 2.31. The number of aromatic amines is 1. The summed E-state index contributed by atoms with van der Waals surface area (Å²) in [7, 11) is 0. The largest absolute Gasteiger partial charge is 0.469 e. The van der Waals surface area contributed by atoms with Gasteiger partial charge in [0.25, 0.3) is 11.5 Å². The summed E-state index contributed by atoms with van der Waals surface area (Å²) >= 11 is 0. The highest BCUT2D eigenvalue weighted by Gasteiger charge is 2.30. The average Bonchev–Trinajstić information content (AvgIpc) is 3.15. The topological polar surface area (TPSA) is 92.2 Å². The molecule has 3 aromatic rings. The highest BCUT2D eigenvalue weighted by molar-refractivity contribution is 6.06. The number of nitrogens with one attached hydrogen (secondary N) is 2. The van der Waals surface area contributed by atoms with Crippen LogP contribution in [0.3, 0.4) is 0 Å². The first-order chi connectivity index (χ1) is 13.0. The van der Waals surface area contributed by atoms with Crippen LogP contribution in [0, 0.1) is 6.92 Å². The van der Waals surface area contributed by atoms with Gasteiger partial charge < -0.3 is 14.7 Å². The number of aryl methyl sites for hydroxylation is 1. The van der Waals surface area contributed by atoms with Crippen molar-refractivity contribution in [2.45, 2.75) is 25.7 Å². The molecule has 6 nitrogen and oxygen atoms in total. The van der Waals surface area contributed by atoms with E-state index in [0.717, 1.165) is 11.3 Å². The monoisotopic (exact) mass is 362 g/mol. The van der Waals surface area contributed by atoms with Crippen LogP contribution in [0.25, 0.3) is 0 Å². The molecule has 0 saturated heterocycles. The van der Waals surface area contributed by atoms with Gasteiger partial charge in [0.05, 0.1) is 6.26 Å². The van der Waals surface area contributed by atoms with Crippen molar-refractivity contribution in [3.05, 3.63) is 87.2 Å². The van der Waals surface area contributed by atoms with Gasteiger partial charge in [0.1, 0.15) is 11.3 Å². The number of carbonyl (C=O) groups is 2. The van der Waals surface area contributed by atoms with Crippen LogP contribution in [0.4, 0.5) is 5.69 Å². The van der Waals surface area contributed by atoms with E-state index in [0.29, 0.717) is 23.4 Å². The van der Waals surface area contributed by atoms with Gasteiger partial charge in [-0.25, -0.2) is 0 Å². The summed E-state index contributed by atoms with van der Waals surface area (Å²) in [5.41, 5.74) is 1.95. The van der Waals surface area contributed by atoms with Crippen molar-refractivity contribution in [2.75, 3.05) is 5.32 Å². The maximum absolute atomic E-state index is 12.6. The molecule has 0 spiro atoms. The predicted molar refractivity (Wildman–Crippen MR) is 100 cm³/mol. The molecule has 0 bridgehead atoms. The number of rotatable bonds is 3. The van der Waals surface area contributed by atoms with E-state index in [1.54, 1.807) is 18.4 Å². The van der Waals surface area contributed by atoms with Crippen molar-refractivity contribution < 1.29 is 14.0 Å². The molecule has 0 fully saturated rings. The molecule has 1 aliphatic rings. The zero-order valence-electron chi connectivity index (χ0n) is 14.7. The number of fused-ring (bicyclic) bond motifs is 1. The number of benzene rings is 1. The molecule has 0 saturated carbocycles. The minimum Gasteiger partial charge on any atom is -0.469 e. The van der Waals surface area contributed by atoms with Crippen LogP contribution in [0.2, 0.25) is 0 Å². The average molecular weight is 362 g/mol. The lowest BCUT2D eigenvalue weighted by molar-refractivity contribution is 0.0959. The molecule has 1 aliphatic carbocycles. The number of carbonyl (C=O) groups excluding carboxylic acids is 2.